The number of fused-ring (bicyclic) bond motifs is 1. The third kappa shape index (κ3) is 0.877. The molecule has 2 aliphatic rings. The summed E-state index contributed by atoms with van der Waals surface area (Å²) in [6, 6.07) is 0. The van der Waals surface area contributed by atoms with E-state index in [1.54, 1.807) is 0 Å². The minimum Gasteiger partial charge on any atom is -0.378 e. The first-order valence-corrected chi connectivity index (χ1v) is 3.98. The van der Waals surface area contributed by atoms with Crippen LogP contribution in [0.1, 0.15) is 26.2 Å². The predicted octanol–water partition coefficient (Wildman–Crippen LogP) is 1.82. The number of rotatable bonds is 0. The molecule has 0 bridgehead atoms. The van der Waals surface area contributed by atoms with Gasteiger partial charge < -0.3 is 4.74 Å². The Hall–Kier alpha value is -0.0400. The van der Waals surface area contributed by atoms with Crippen molar-refractivity contribution < 1.29 is 4.74 Å². The highest BCUT2D eigenvalue weighted by Crippen LogP contribution is 2.38. The largest absolute Gasteiger partial charge is 0.378 e. The van der Waals surface area contributed by atoms with E-state index in [9.17, 15) is 0 Å². The summed E-state index contributed by atoms with van der Waals surface area (Å²) in [6.07, 6.45) is 4.73. The summed E-state index contributed by atoms with van der Waals surface area (Å²) in [5.41, 5.74) is 0. The van der Waals surface area contributed by atoms with Crippen molar-refractivity contribution in [2.24, 2.45) is 11.8 Å². The molecule has 0 N–H and O–H groups in total. The SMILES string of the molecule is C[C@@H]1C[C@@H]2CCO[C@@H]2C1. The smallest absolute Gasteiger partial charge is 0.0606 e. The second-order valence-corrected chi connectivity index (χ2v) is 3.53. The van der Waals surface area contributed by atoms with Gasteiger partial charge in [0.1, 0.15) is 0 Å². The summed E-state index contributed by atoms with van der Waals surface area (Å²) < 4.78 is 5.55. The Labute approximate surface area is 56.4 Å². The lowest BCUT2D eigenvalue weighted by Gasteiger charge is -2.04. The van der Waals surface area contributed by atoms with Crippen LogP contribution in [0.15, 0.2) is 0 Å². The fourth-order valence-electron chi connectivity index (χ4n) is 2.23. The Morgan fingerprint density at radius 2 is 2.22 bits per heavy atom. The highest BCUT2D eigenvalue weighted by atomic mass is 16.5. The summed E-state index contributed by atoms with van der Waals surface area (Å²) in [6.45, 7) is 3.36. The molecule has 1 nitrogen and oxygen atoms in total. The summed E-state index contributed by atoms with van der Waals surface area (Å²) in [7, 11) is 0. The third-order valence-electron chi connectivity index (χ3n) is 2.69. The van der Waals surface area contributed by atoms with Crippen molar-refractivity contribution in [1.82, 2.24) is 0 Å². The van der Waals surface area contributed by atoms with Gasteiger partial charge in [-0.25, -0.2) is 0 Å². The maximum Gasteiger partial charge on any atom is 0.0606 e. The fourth-order valence-corrected chi connectivity index (χ4v) is 2.23. The average molecular weight is 126 g/mol. The van der Waals surface area contributed by atoms with E-state index in [0.717, 1.165) is 18.4 Å². The molecule has 1 heterocycles. The molecule has 9 heavy (non-hydrogen) atoms. The predicted molar refractivity (Wildman–Crippen MR) is 36.2 cm³/mol. The van der Waals surface area contributed by atoms with Crippen LogP contribution in [0.2, 0.25) is 0 Å². The molecule has 1 heteroatoms. The quantitative estimate of drug-likeness (QED) is 0.481. The van der Waals surface area contributed by atoms with Crippen LogP contribution in [0.25, 0.3) is 0 Å². The highest BCUT2D eigenvalue weighted by molar-refractivity contribution is 4.85. The Balaban J connectivity index is 2.02. The van der Waals surface area contributed by atoms with Gasteiger partial charge in [0, 0.05) is 6.61 Å². The van der Waals surface area contributed by atoms with Gasteiger partial charge in [-0.3, -0.25) is 0 Å². The van der Waals surface area contributed by atoms with Crippen molar-refractivity contribution in [3.05, 3.63) is 0 Å². The standard InChI is InChI=1S/C8H14O/c1-6-4-7-2-3-9-8(7)5-6/h6-8H,2-5H2,1H3/t6-,7+,8-/m1/s1. The second kappa shape index (κ2) is 1.98. The van der Waals surface area contributed by atoms with E-state index < -0.39 is 0 Å². The van der Waals surface area contributed by atoms with E-state index in [0.29, 0.717) is 6.10 Å². The monoisotopic (exact) mass is 126 g/mol. The van der Waals surface area contributed by atoms with Crippen LogP contribution in [0.5, 0.6) is 0 Å². The number of hydrogen-bond acceptors (Lipinski definition) is 1. The van der Waals surface area contributed by atoms with Gasteiger partial charge in [0.05, 0.1) is 6.10 Å². The second-order valence-electron chi connectivity index (χ2n) is 3.53. The Morgan fingerprint density at radius 3 is 3.00 bits per heavy atom. The van der Waals surface area contributed by atoms with E-state index in [2.05, 4.69) is 6.92 Å². The zero-order valence-corrected chi connectivity index (χ0v) is 5.97. The van der Waals surface area contributed by atoms with E-state index in [1.165, 1.54) is 19.3 Å². The first kappa shape index (κ1) is 5.72. The van der Waals surface area contributed by atoms with Crippen molar-refractivity contribution in [1.29, 1.82) is 0 Å². The van der Waals surface area contributed by atoms with Crippen molar-refractivity contribution >= 4 is 0 Å². The van der Waals surface area contributed by atoms with Gasteiger partial charge in [-0.1, -0.05) is 6.92 Å². The van der Waals surface area contributed by atoms with Crippen molar-refractivity contribution in [2.75, 3.05) is 6.61 Å². The van der Waals surface area contributed by atoms with Gasteiger partial charge in [-0.15, -0.1) is 0 Å². The Bertz CT molecular complexity index is 99.1. The van der Waals surface area contributed by atoms with Crippen molar-refractivity contribution in [3.63, 3.8) is 0 Å². The van der Waals surface area contributed by atoms with Gasteiger partial charge in [0.2, 0.25) is 0 Å². The van der Waals surface area contributed by atoms with Gasteiger partial charge in [0.25, 0.3) is 0 Å². The lowest BCUT2D eigenvalue weighted by atomic mass is 10.0. The molecule has 0 radical (unpaired) electrons. The summed E-state index contributed by atoms with van der Waals surface area (Å²) in [5, 5.41) is 0. The summed E-state index contributed by atoms with van der Waals surface area (Å²) in [4.78, 5) is 0. The lowest BCUT2D eigenvalue weighted by Crippen LogP contribution is -2.06. The molecule has 0 aromatic carbocycles. The van der Waals surface area contributed by atoms with Crippen molar-refractivity contribution in [2.45, 2.75) is 32.3 Å². The minimum absolute atomic E-state index is 0.653. The fraction of sp³-hybridized carbons (Fsp3) is 1.00. The summed E-state index contributed by atoms with van der Waals surface area (Å²) >= 11 is 0. The molecule has 0 unspecified atom stereocenters. The molecular formula is C8H14O. The molecule has 3 atom stereocenters. The molecule has 0 amide bonds. The first-order valence-electron chi connectivity index (χ1n) is 3.98. The maximum atomic E-state index is 5.55. The van der Waals surface area contributed by atoms with Crippen LogP contribution >= 0.6 is 0 Å². The van der Waals surface area contributed by atoms with Crippen LogP contribution in [-0.4, -0.2) is 12.7 Å². The first-order chi connectivity index (χ1) is 4.36. The van der Waals surface area contributed by atoms with Crippen molar-refractivity contribution in [3.8, 4) is 0 Å². The van der Waals surface area contributed by atoms with Crippen LogP contribution < -0.4 is 0 Å². The maximum absolute atomic E-state index is 5.55. The normalized spacial score (nSPS) is 49.7. The van der Waals surface area contributed by atoms with Gasteiger partial charge in [-0.05, 0) is 31.1 Å². The minimum atomic E-state index is 0.653. The molecule has 0 aromatic rings. The van der Waals surface area contributed by atoms with E-state index >= 15 is 0 Å². The Morgan fingerprint density at radius 1 is 1.33 bits per heavy atom. The molecule has 2 fully saturated rings. The molecule has 1 aliphatic carbocycles. The van der Waals surface area contributed by atoms with E-state index in [1.807, 2.05) is 0 Å². The molecule has 1 saturated heterocycles. The molecule has 1 aliphatic heterocycles. The van der Waals surface area contributed by atoms with Gasteiger partial charge in [0.15, 0.2) is 0 Å². The van der Waals surface area contributed by atoms with E-state index in [4.69, 9.17) is 4.74 Å². The van der Waals surface area contributed by atoms with Crippen LogP contribution in [0.3, 0.4) is 0 Å². The molecule has 52 valence electrons. The van der Waals surface area contributed by atoms with Gasteiger partial charge >= 0.3 is 0 Å². The molecule has 1 saturated carbocycles. The lowest BCUT2D eigenvalue weighted by molar-refractivity contribution is 0.0992. The number of ether oxygens (including phenoxy) is 1. The van der Waals surface area contributed by atoms with Crippen LogP contribution in [-0.2, 0) is 4.74 Å². The molecular weight excluding hydrogens is 112 g/mol. The average Bonchev–Trinajstić information content (AvgIpc) is 2.22. The van der Waals surface area contributed by atoms with Crippen LogP contribution in [0.4, 0.5) is 0 Å². The molecule has 0 aromatic heterocycles. The van der Waals surface area contributed by atoms with Gasteiger partial charge in [-0.2, -0.15) is 0 Å². The van der Waals surface area contributed by atoms with Crippen LogP contribution in [0, 0.1) is 11.8 Å². The topological polar surface area (TPSA) is 9.23 Å². The summed E-state index contributed by atoms with van der Waals surface area (Å²) in [5.74, 6) is 1.86. The molecule has 0 spiro atoms. The highest BCUT2D eigenvalue weighted by Gasteiger charge is 2.36. The number of hydrogen-bond donors (Lipinski definition) is 0. The molecule has 2 rings (SSSR count). The van der Waals surface area contributed by atoms with E-state index in [-0.39, 0.29) is 0 Å². The Kier molecular flexibility index (Phi) is 1.26. The third-order valence-corrected chi connectivity index (χ3v) is 2.69. The zero-order chi connectivity index (χ0) is 6.27. The zero-order valence-electron chi connectivity index (χ0n) is 5.97.